The summed E-state index contributed by atoms with van der Waals surface area (Å²) in [6, 6.07) is 5.04. The highest BCUT2D eigenvalue weighted by molar-refractivity contribution is 5.93. The van der Waals surface area contributed by atoms with Crippen molar-refractivity contribution in [3.05, 3.63) is 29.3 Å². The molecule has 0 spiro atoms. The molecule has 15 heavy (non-hydrogen) atoms. The minimum atomic E-state index is -0.480. The molecule has 0 unspecified atom stereocenters. The Balaban J connectivity index is 3.11. The van der Waals surface area contributed by atoms with E-state index in [0.29, 0.717) is 6.61 Å². The molecule has 0 bridgehead atoms. The molecule has 0 aromatic heterocycles. The molecule has 0 aliphatic carbocycles. The smallest absolute Gasteiger partial charge is 0.341 e. The highest BCUT2D eigenvalue weighted by Crippen LogP contribution is 2.23. The molecule has 0 aliphatic heterocycles. The lowest BCUT2D eigenvalue weighted by Crippen LogP contribution is -2.07. The molecule has 4 heteroatoms. The molecular formula is C11H11NO3. The number of benzene rings is 1. The van der Waals surface area contributed by atoms with Crippen LogP contribution in [0, 0.1) is 18.4 Å². The number of hydrogen-bond donors (Lipinski definition) is 0. The first-order chi connectivity index (χ1) is 7.20. The highest BCUT2D eigenvalue weighted by atomic mass is 16.5. The van der Waals surface area contributed by atoms with Crippen molar-refractivity contribution in [2.24, 2.45) is 0 Å². The molecule has 1 aromatic rings. The van der Waals surface area contributed by atoms with E-state index in [2.05, 4.69) is 0 Å². The lowest BCUT2D eigenvalue weighted by Gasteiger charge is -2.07. The molecule has 0 fully saturated rings. The monoisotopic (exact) mass is 205 g/mol. The molecule has 1 rings (SSSR count). The lowest BCUT2D eigenvalue weighted by atomic mass is 10.1. The van der Waals surface area contributed by atoms with Gasteiger partial charge in [-0.1, -0.05) is 12.1 Å². The fourth-order valence-corrected chi connectivity index (χ4v) is 1.20. The second kappa shape index (κ2) is 5.01. The summed E-state index contributed by atoms with van der Waals surface area (Å²) in [6.07, 6.45) is 1.55. The van der Waals surface area contributed by atoms with Gasteiger partial charge in [0.15, 0.2) is 5.75 Å². The second-order valence-electron chi connectivity index (χ2n) is 2.87. The van der Waals surface area contributed by atoms with Gasteiger partial charge in [-0.25, -0.2) is 4.79 Å². The standard InChI is InChI=1S/C11H11NO3/c1-3-14-11(13)9-6-4-5-8(2)10(9)15-7-12/h4-6H,3H2,1-2H3. The van der Waals surface area contributed by atoms with E-state index in [1.807, 2.05) is 0 Å². The van der Waals surface area contributed by atoms with Crippen LogP contribution in [0.15, 0.2) is 18.2 Å². The summed E-state index contributed by atoms with van der Waals surface area (Å²) in [5.41, 5.74) is 1.00. The van der Waals surface area contributed by atoms with E-state index in [-0.39, 0.29) is 11.3 Å². The number of esters is 1. The highest BCUT2D eigenvalue weighted by Gasteiger charge is 2.15. The van der Waals surface area contributed by atoms with Gasteiger partial charge >= 0.3 is 5.97 Å². The van der Waals surface area contributed by atoms with Crippen LogP contribution in [0.5, 0.6) is 5.75 Å². The SMILES string of the molecule is CCOC(=O)c1cccc(C)c1OC#N. The summed E-state index contributed by atoms with van der Waals surface area (Å²) in [5.74, 6) is -0.218. The van der Waals surface area contributed by atoms with Crippen molar-refractivity contribution in [3.8, 4) is 12.0 Å². The first kappa shape index (κ1) is 11.1. The van der Waals surface area contributed by atoms with Crippen molar-refractivity contribution in [3.63, 3.8) is 0 Å². The average molecular weight is 205 g/mol. The van der Waals surface area contributed by atoms with Crippen molar-refractivity contribution < 1.29 is 14.3 Å². The van der Waals surface area contributed by atoms with Crippen LogP contribution in [-0.4, -0.2) is 12.6 Å². The van der Waals surface area contributed by atoms with Crippen LogP contribution in [0.2, 0.25) is 0 Å². The van der Waals surface area contributed by atoms with Crippen molar-refractivity contribution >= 4 is 5.97 Å². The number of para-hydroxylation sites is 1. The van der Waals surface area contributed by atoms with Crippen molar-refractivity contribution in [1.29, 1.82) is 5.26 Å². The Bertz CT molecular complexity index is 407. The van der Waals surface area contributed by atoms with Gasteiger partial charge in [0.2, 0.25) is 0 Å². The average Bonchev–Trinajstić information content (AvgIpc) is 2.21. The van der Waals surface area contributed by atoms with E-state index in [0.717, 1.165) is 5.56 Å². The summed E-state index contributed by atoms with van der Waals surface area (Å²) < 4.78 is 9.58. The van der Waals surface area contributed by atoms with Crippen LogP contribution < -0.4 is 4.74 Å². The van der Waals surface area contributed by atoms with E-state index >= 15 is 0 Å². The van der Waals surface area contributed by atoms with Crippen LogP contribution in [0.4, 0.5) is 0 Å². The Morgan fingerprint density at radius 2 is 2.27 bits per heavy atom. The fraction of sp³-hybridized carbons (Fsp3) is 0.273. The third-order valence-corrected chi connectivity index (χ3v) is 1.85. The van der Waals surface area contributed by atoms with Crippen molar-refractivity contribution in [1.82, 2.24) is 0 Å². The third kappa shape index (κ3) is 2.47. The zero-order chi connectivity index (χ0) is 11.3. The molecule has 0 aliphatic rings. The van der Waals surface area contributed by atoms with Gasteiger partial charge in [-0.05, 0) is 25.5 Å². The van der Waals surface area contributed by atoms with Gasteiger partial charge in [0.1, 0.15) is 5.56 Å². The van der Waals surface area contributed by atoms with Crippen LogP contribution in [0.3, 0.4) is 0 Å². The molecule has 0 N–H and O–H groups in total. The molecule has 0 heterocycles. The number of carbonyl (C=O) groups excluding carboxylic acids is 1. The fourth-order valence-electron chi connectivity index (χ4n) is 1.20. The van der Waals surface area contributed by atoms with E-state index < -0.39 is 5.97 Å². The Labute approximate surface area is 88.0 Å². The molecule has 0 atom stereocenters. The molecule has 1 aromatic carbocycles. The summed E-state index contributed by atoms with van der Waals surface area (Å²) >= 11 is 0. The molecular weight excluding hydrogens is 194 g/mol. The van der Waals surface area contributed by atoms with Crippen LogP contribution in [0.1, 0.15) is 22.8 Å². The van der Waals surface area contributed by atoms with E-state index in [4.69, 9.17) is 14.7 Å². The first-order valence-electron chi connectivity index (χ1n) is 4.53. The Hall–Kier alpha value is -2.02. The quantitative estimate of drug-likeness (QED) is 0.559. The Morgan fingerprint density at radius 3 is 2.87 bits per heavy atom. The Morgan fingerprint density at radius 1 is 1.53 bits per heavy atom. The van der Waals surface area contributed by atoms with Crippen molar-refractivity contribution in [2.75, 3.05) is 6.61 Å². The first-order valence-corrected chi connectivity index (χ1v) is 4.53. The number of nitriles is 1. The summed E-state index contributed by atoms with van der Waals surface area (Å²) in [7, 11) is 0. The van der Waals surface area contributed by atoms with Crippen LogP contribution in [-0.2, 0) is 4.74 Å². The van der Waals surface area contributed by atoms with Crippen molar-refractivity contribution in [2.45, 2.75) is 13.8 Å². The van der Waals surface area contributed by atoms with Crippen LogP contribution >= 0.6 is 0 Å². The molecule has 0 saturated heterocycles. The van der Waals surface area contributed by atoms with Gasteiger partial charge in [-0.3, -0.25) is 0 Å². The maximum Gasteiger partial charge on any atom is 0.341 e. The van der Waals surface area contributed by atoms with Gasteiger partial charge in [-0.2, -0.15) is 0 Å². The van der Waals surface area contributed by atoms with Gasteiger partial charge in [0, 0.05) is 0 Å². The molecule has 0 amide bonds. The van der Waals surface area contributed by atoms with E-state index in [1.54, 1.807) is 38.3 Å². The predicted molar refractivity (Wildman–Crippen MR) is 53.4 cm³/mol. The van der Waals surface area contributed by atoms with E-state index in [1.165, 1.54) is 0 Å². The molecule has 78 valence electrons. The topological polar surface area (TPSA) is 59.3 Å². The minimum Gasteiger partial charge on any atom is -0.462 e. The van der Waals surface area contributed by atoms with Gasteiger partial charge < -0.3 is 9.47 Å². The number of ether oxygens (including phenoxy) is 2. The lowest BCUT2D eigenvalue weighted by molar-refractivity contribution is 0.0523. The predicted octanol–water partition coefficient (Wildman–Crippen LogP) is 2.03. The summed E-state index contributed by atoms with van der Waals surface area (Å²) in [5, 5.41) is 8.46. The maximum atomic E-state index is 11.5. The summed E-state index contributed by atoms with van der Waals surface area (Å²) in [6.45, 7) is 3.77. The molecule has 0 saturated carbocycles. The minimum absolute atomic E-state index is 0.262. The van der Waals surface area contributed by atoms with Crippen LogP contribution in [0.25, 0.3) is 0 Å². The number of hydrogen-bond acceptors (Lipinski definition) is 4. The zero-order valence-electron chi connectivity index (χ0n) is 8.61. The van der Waals surface area contributed by atoms with Gasteiger partial charge in [0.25, 0.3) is 6.26 Å². The molecule has 4 nitrogen and oxygen atoms in total. The number of carbonyl (C=O) groups is 1. The third-order valence-electron chi connectivity index (χ3n) is 1.85. The van der Waals surface area contributed by atoms with E-state index in [9.17, 15) is 4.79 Å². The number of nitrogens with zero attached hydrogens (tertiary/aromatic N) is 1. The number of rotatable bonds is 3. The Kier molecular flexibility index (Phi) is 3.69. The largest absolute Gasteiger partial charge is 0.462 e. The van der Waals surface area contributed by atoms with Gasteiger partial charge in [-0.15, -0.1) is 5.26 Å². The summed E-state index contributed by atoms with van der Waals surface area (Å²) in [4.78, 5) is 11.5. The zero-order valence-corrected chi connectivity index (χ0v) is 8.61. The second-order valence-corrected chi connectivity index (χ2v) is 2.87. The number of aryl methyl sites for hydroxylation is 1. The van der Waals surface area contributed by atoms with Gasteiger partial charge in [0.05, 0.1) is 6.61 Å². The molecule has 0 radical (unpaired) electrons. The maximum absolute atomic E-state index is 11.5. The normalized spacial score (nSPS) is 9.13.